The fourth-order valence-electron chi connectivity index (χ4n) is 2.39. The van der Waals surface area contributed by atoms with E-state index in [1.165, 1.54) is 18.2 Å². The number of methoxy groups -OCH3 is 2. The first-order chi connectivity index (χ1) is 13.0. The van der Waals surface area contributed by atoms with Crippen molar-refractivity contribution in [3.05, 3.63) is 52.6 Å². The number of amides is 1. The van der Waals surface area contributed by atoms with Gasteiger partial charge in [0, 0.05) is 31.4 Å². The average molecular weight is 374 g/mol. The average Bonchev–Trinajstić information content (AvgIpc) is 2.68. The molecule has 144 valence electrons. The molecule has 1 N–H and O–H groups in total. The van der Waals surface area contributed by atoms with Crippen LogP contribution in [-0.4, -0.2) is 44.3 Å². The minimum absolute atomic E-state index is 0.0645. The van der Waals surface area contributed by atoms with Gasteiger partial charge in [-0.25, -0.2) is 0 Å². The van der Waals surface area contributed by atoms with Gasteiger partial charge in [-0.3, -0.25) is 14.9 Å². The molecule has 2 aromatic carbocycles. The third-order valence-electron chi connectivity index (χ3n) is 3.85. The van der Waals surface area contributed by atoms with Crippen LogP contribution in [-0.2, 0) is 9.53 Å². The van der Waals surface area contributed by atoms with Crippen molar-refractivity contribution in [3.8, 4) is 22.6 Å². The number of rotatable bonds is 9. The molecule has 27 heavy (non-hydrogen) atoms. The summed E-state index contributed by atoms with van der Waals surface area (Å²) >= 11 is 0. The molecule has 2 aromatic rings. The number of nitrogens with zero attached hydrogens (tertiary/aromatic N) is 1. The predicted molar refractivity (Wildman–Crippen MR) is 100 cm³/mol. The monoisotopic (exact) mass is 374 g/mol. The van der Waals surface area contributed by atoms with E-state index in [0.29, 0.717) is 35.8 Å². The predicted octanol–water partition coefficient (Wildman–Crippen LogP) is 2.80. The van der Waals surface area contributed by atoms with Gasteiger partial charge in [0.2, 0.25) is 0 Å². The van der Waals surface area contributed by atoms with Gasteiger partial charge in [-0.15, -0.1) is 0 Å². The van der Waals surface area contributed by atoms with Crippen LogP contribution in [0.1, 0.15) is 6.92 Å². The number of benzene rings is 2. The Balaban J connectivity index is 2.29. The molecule has 0 fully saturated rings. The fourth-order valence-corrected chi connectivity index (χ4v) is 2.39. The second-order valence-corrected chi connectivity index (χ2v) is 5.71. The largest absolute Gasteiger partial charge is 0.497 e. The van der Waals surface area contributed by atoms with E-state index in [1.54, 1.807) is 45.4 Å². The lowest BCUT2D eigenvalue weighted by Gasteiger charge is -2.17. The van der Waals surface area contributed by atoms with Crippen LogP contribution in [0.25, 0.3) is 11.1 Å². The maximum atomic E-state index is 12.1. The topological polar surface area (TPSA) is 99.9 Å². The molecule has 2 rings (SSSR count). The van der Waals surface area contributed by atoms with Gasteiger partial charge in [-0.1, -0.05) is 12.1 Å². The van der Waals surface area contributed by atoms with Crippen LogP contribution in [0.2, 0.25) is 0 Å². The van der Waals surface area contributed by atoms with Crippen molar-refractivity contribution in [2.75, 3.05) is 27.4 Å². The van der Waals surface area contributed by atoms with Gasteiger partial charge >= 0.3 is 0 Å². The SMILES string of the molecule is COCCNC(=O)[C@H](C)Oc1ccc([N+](=O)[O-])cc1-c1ccc(OC)cc1. The quantitative estimate of drug-likeness (QED) is 0.412. The molecule has 0 saturated carbocycles. The molecular weight excluding hydrogens is 352 g/mol. The highest BCUT2D eigenvalue weighted by Gasteiger charge is 2.19. The number of carbonyl (C=O) groups is 1. The molecule has 0 aliphatic heterocycles. The Morgan fingerprint density at radius 2 is 1.89 bits per heavy atom. The van der Waals surface area contributed by atoms with Crippen LogP contribution < -0.4 is 14.8 Å². The van der Waals surface area contributed by atoms with Crippen molar-refractivity contribution in [1.82, 2.24) is 5.32 Å². The summed E-state index contributed by atoms with van der Waals surface area (Å²) in [5.41, 5.74) is 1.16. The second kappa shape index (κ2) is 9.54. The Hall–Kier alpha value is -3.13. The number of hydrogen-bond acceptors (Lipinski definition) is 6. The van der Waals surface area contributed by atoms with Crippen molar-refractivity contribution in [1.29, 1.82) is 0 Å². The van der Waals surface area contributed by atoms with Gasteiger partial charge in [0.05, 0.1) is 18.6 Å². The number of non-ortho nitro benzene ring substituents is 1. The molecule has 8 nitrogen and oxygen atoms in total. The van der Waals surface area contributed by atoms with E-state index in [4.69, 9.17) is 14.2 Å². The third kappa shape index (κ3) is 5.42. The van der Waals surface area contributed by atoms with Crippen molar-refractivity contribution in [2.45, 2.75) is 13.0 Å². The Morgan fingerprint density at radius 3 is 2.48 bits per heavy atom. The molecule has 0 radical (unpaired) electrons. The molecule has 1 atom stereocenters. The summed E-state index contributed by atoms with van der Waals surface area (Å²) in [4.78, 5) is 22.8. The number of nitro benzene ring substituents is 1. The second-order valence-electron chi connectivity index (χ2n) is 5.71. The van der Waals surface area contributed by atoms with E-state index in [2.05, 4.69) is 5.32 Å². The smallest absolute Gasteiger partial charge is 0.270 e. The lowest BCUT2D eigenvalue weighted by molar-refractivity contribution is -0.384. The van der Waals surface area contributed by atoms with E-state index in [9.17, 15) is 14.9 Å². The third-order valence-corrected chi connectivity index (χ3v) is 3.85. The minimum atomic E-state index is -0.777. The van der Waals surface area contributed by atoms with E-state index < -0.39 is 11.0 Å². The zero-order valence-electron chi connectivity index (χ0n) is 15.4. The lowest BCUT2D eigenvalue weighted by atomic mass is 10.0. The molecule has 0 bridgehead atoms. The van der Waals surface area contributed by atoms with Gasteiger partial charge in [-0.2, -0.15) is 0 Å². The lowest BCUT2D eigenvalue weighted by Crippen LogP contribution is -2.38. The van der Waals surface area contributed by atoms with Gasteiger partial charge in [0.1, 0.15) is 11.5 Å². The maximum absolute atomic E-state index is 12.1. The zero-order valence-corrected chi connectivity index (χ0v) is 15.4. The van der Waals surface area contributed by atoms with Crippen LogP contribution in [0.3, 0.4) is 0 Å². The fraction of sp³-hybridized carbons (Fsp3) is 0.316. The standard InChI is InChI=1S/C19H22N2O6/c1-13(19(22)20-10-11-25-2)27-18-9-6-15(21(23)24)12-17(18)14-4-7-16(26-3)8-5-14/h4-9,12-13H,10-11H2,1-3H3,(H,20,22)/t13-/m0/s1. The van der Waals surface area contributed by atoms with E-state index in [-0.39, 0.29) is 11.6 Å². The summed E-state index contributed by atoms with van der Waals surface area (Å²) < 4.78 is 15.8. The van der Waals surface area contributed by atoms with Gasteiger partial charge in [0.25, 0.3) is 11.6 Å². The summed E-state index contributed by atoms with van der Waals surface area (Å²) in [5.74, 6) is 0.740. The molecule has 0 aliphatic carbocycles. The molecule has 0 saturated heterocycles. The molecule has 0 aliphatic rings. The molecule has 0 aromatic heterocycles. The van der Waals surface area contributed by atoms with Crippen molar-refractivity contribution in [3.63, 3.8) is 0 Å². The summed E-state index contributed by atoms with van der Waals surface area (Å²) in [5, 5.41) is 13.8. The summed E-state index contributed by atoms with van der Waals surface area (Å²) in [6, 6.07) is 11.3. The number of nitro groups is 1. The zero-order chi connectivity index (χ0) is 19.8. The summed E-state index contributed by atoms with van der Waals surface area (Å²) in [6.07, 6.45) is -0.777. The Kier molecular flexibility index (Phi) is 7.13. The first kappa shape index (κ1) is 20.2. The molecule has 8 heteroatoms. The Labute approximate surface area is 157 Å². The number of carbonyl (C=O) groups excluding carboxylic acids is 1. The van der Waals surface area contributed by atoms with Gasteiger partial charge < -0.3 is 19.5 Å². The minimum Gasteiger partial charge on any atom is -0.497 e. The van der Waals surface area contributed by atoms with Crippen molar-refractivity contribution >= 4 is 11.6 Å². The van der Waals surface area contributed by atoms with E-state index in [0.717, 1.165) is 0 Å². The van der Waals surface area contributed by atoms with Crippen LogP contribution in [0.15, 0.2) is 42.5 Å². The van der Waals surface area contributed by atoms with Crippen LogP contribution >= 0.6 is 0 Å². The van der Waals surface area contributed by atoms with E-state index in [1.807, 2.05) is 0 Å². The molecule has 1 amide bonds. The molecule has 0 spiro atoms. The normalized spacial score (nSPS) is 11.5. The van der Waals surface area contributed by atoms with Crippen LogP contribution in [0.5, 0.6) is 11.5 Å². The first-order valence-corrected chi connectivity index (χ1v) is 8.32. The van der Waals surface area contributed by atoms with Crippen LogP contribution in [0.4, 0.5) is 5.69 Å². The highest BCUT2D eigenvalue weighted by atomic mass is 16.6. The van der Waals surface area contributed by atoms with Crippen LogP contribution in [0, 0.1) is 10.1 Å². The van der Waals surface area contributed by atoms with Gasteiger partial charge in [-0.05, 0) is 30.7 Å². The van der Waals surface area contributed by atoms with Crippen molar-refractivity contribution in [2.24, 2.45) is 0 Å². The summed E-state index contributed by atoms with van der Waals surface area (Å²) in [6.45, 7) is 2.38. The highest BCUT2D eigenvalue weighted by molar-refractivity contribution is 5.81. The van der Waals surface area contributed by atoms with Gasteiger partial charge in [0.15, 0.2) is 6.10 Å². The molecule has 0 heterocycles. The first-order valence-electron chi connectivity index (χ1n) is 8.32. The Bertz CT molecular complexity index is 791. The van der Waals surface area contributed by atoms with Crippen molar-refractivity contribution < 1.29 is 23.9 Å². The summed E-state index contributed by atoms with van der Waals surface area (Å²) in [7, 11) is 3.10. The molecule has 0 unspecified atom stereocenters. The maximum Gasteiger partial charge on any atom is 0.270 e. The number of ether oxygens (including phenoxy) is 3. The Morgan fingerprint density at radius 1 is 1.19 bits per heavy atom. The van der Waals surface area contributed by atoms with E-state index >= 15 is 0 Å². The highest BCUT2D eigenvalue weighted by Crippen LogP contribution is 2.34. The number of nitrogens with one attached hydrogen (secondary N) is 1. The number of hydrogen-bond donors (Lipinski definition) is 1. The molecular formula is C19H22N2O6.